The molecule has 0 unspecified atom stereocenters. The van der Waals surface area contributed by atoms with Gasteiger partial charge in [-0.3, -0.25) is 6.08 Å². The predicted molar refractivity (Wildman–Crippen MR) is 184 cm³/mol. The summed E-state index contributed by atoms with van der Waals surface area (Å²) >= 11 is 1.30. The van der Waals surface area contributed by atoms with Crippen molar-refractivity contribution >= 4 is 29.0 Å². The summed E-state index contributed by atoms with van der Waals surface area (Å²) in [7, 11) is 0. The minimum absolute atomic E-state index is 0. The third kappa shape index (κ3) is 9.87. The molecule has 0 saturated heterocycles. The van der Waals surface area contributed by atoms with E-state index >= 15 is 0 Å². The first-order chi connectivity index (χ1) is 19.8. The quantitative estimate of drug-likeness (QED) is 0.168. The van der Waals surface area contributed by atoms with E-state index in [0.29, 0.717) is 0 Å². The summed E-state index contributed by atoms with van der Waals surface area (Å²) in [5, 5.41) is 0. The molecule has 0 bridgehead atoms. The van der Waals surface area contributed by atoms with Crippen LogP contribution >= 0.6 is 24.8 Å². The van der Waals surface area contributed by atoms with E-state index in [9.17, 15) is 0 Å². The summed E-state index contributed by atoms with van der Waals surface area (Å²) in [6.45, 7) is 2.19. The van der Waals surface area contributed by atoms with Gasteiger partial charge in [0.2, 0.25) is 0 Å². The largest absolute Gasteiger partial charge is 0.138 e. The van der Waals surface area contributed by atoms with Crippen molar-refractivity contribution in [2.24, 2.45) is 5.92 Å². The van der Waals surface area contributed by atoms with Crippen LogP contribution in [0.1, 0.15) is 56.6 Å². The first-order valence-corrected chi connectivity index (χ1v) is 16.2. The van der Waals surface area contributed by atoms with Crippen LogP contribution in [0.3, 0.4) is 0 Å². The molecule has 0 amide bonds. The molecule has 0 nitrogen and oxygen atoms in total. The van der Waals surface area contributed by atoms with Gasteiger partial charge in [-0.1, -0.05) is 139 Å². The third-order valence-electron chi connectivity index (χ3n) is 7.69. The zero-order valence-corrected chi connectivity index (χ0v) is 28.6. The van der Waals surface area contributed by atoms with Gasteiger partial charge in [0.15, 0.2) is 0 Å². The number of rotatable bonds is 3. The fraction of sp³-hybridized carbons (Fsp3) is 0.231. The summed E-state index contributed by atoms with van der Waals surface area (Å²) in [4.78, 5) is 0. The Morgan fingerprint density at radius 1 is 0.738 bits per heavy atom. The summed E-state index contributed by atoms with van der Waals surface area (Å²) in [6, 6.07) is 36.1. The number of hydrogen-bond donors (Lipinski definition) is 0. The molecule has 1 saturated carbocycles. The Labute approximate surface area is 281 Å². The molecule has 4 aromatic carbocycles. The third-order valence-corrected chi connectivity index (χ3v) is 7.69. The molecule has 0 aromatic heterocycles. The molecule has 1 fully saturated rings. The summed E-state index contributed by atoms with van der Waals surface area (Å²) in [5.74, 6) is 0.962. The SMILES string of the molecule is C[CH-]C1CCCCC1.Cl.Cl.[C-]1=CC=CC1.[CH2]=[Zr].[c-]1c2c(cc(-c3ccccc3)c1-c1ccccc1)-c1ccccc1C2. The van der Waals surface area contributed by atoms with E-state index in [1.807, 2.05) is 12.2 Å². The fourth-order valence-corrected chi connectivity index (χ4v) is 5.58. The molecule has 42 heavy (non-hydrogen) atoms. The van der Waals surface area contributed by atoms with Crippen molar-refractivity contribution in [1.29, 1.82) is 0 Å². The van der Waals surface area contributed by atoms with Crippen LogP contribution < -0.4 is 0 Å². The normalized spacial score (nSPS) is 13.7. The minimum Gasteiger partial charge on any atom is -0.138 e. The van der Waals surface area contributed by atoms with Crippen molar-refractivity contribution in [3.8, 4) is 33.4 Å². The van der Waals surface area contributed by atoms with Crippen LogP contribution in [0.4, 0.5) is 0 Å². The van der Waals surface area contributed by atoms with E-state index < -0.39 is 0 Å². The van der Waals surface area contributed by atoms with Crippen LogP contribution in [-0.4, -0.2) is 4.21 Å². The zero-order valence-electron chi connectivity index (χ0n) is 24.5. The minimum atomic E-state index is 0. The number of benzene rings is 4. The van der Waals surface area contributed by atoms with Gasteiger partial charge < -0.3 is 6.42 Å². The summed E-state index contributed by atoms with van der Waals surface area (Å²) in [6.07, 6.45) is 20.7. The second-order valence-corrected chi connectivity index (χ2v) is 10.3. The van der Waals surface area contributed by atoms with E-state index in [0.717, 1.165) is 18.8 Å². The molecule has 0 heterocycles. The van der Waals surface area contributed by atoms with E-state index in [2.05, 4.69) is 127 Å². The van der Waals surface area contributed by atoms with Crippen LogP contribution in [0.5, 0.6) is 0 Å². The van der Waals surface area contributed by atoms with Crippen LogP contribution in [-0.2, 0) is 30.7 Å². The molecular weight excluding hydrogens is 631 g/mol. The Kier molecular flexibility index (Phi) is 16.9. The molecule has 0 radical (unpaired) electrons. The van der Waals surface area contributed by atoms with Gasteiger partial charge in [-0.15, -0.1) is 60.1 Å². The van der Waals surface area contributed by atoms with E-state index in [1.54, 1.807) is 0 Å². The predicted octanol–water partition coefficient (Wildman–Crippen LogP) is 11.3. The van der Waals surface area contributed by atoms with Crippen LogP contribution in [0.25, 0.3) is 33.4 Å². The standard InChI is InChI=1S/C25H17.C8H15.C5H5.CH2.2ClH.Zr/c1-3-9-18(10-4-1)23-16-21-15-20-13-7-8-14-22(20)25(21)17-24(23)19-11-5-2-6-12-19;1-2-8-6-4-3-5-7-8;1-2-4-5-3-1;;;;/h1-14,17H,15H2;2,8H,3-7H2,1H3;1-3H,4H2;1H2;2*1H;/q3*-1;;;;. The Morgan fingerprint density at radius 2 is 1.36 bits per heavy atom. The van der Waals surface area contributed by atoms with Gasteiger partial charge in [0.05, 0.1) is 0 Å². The first kappa shape index (κ1) is 35.9. The van der Waals surface area contributed by atoms with Gasteiger partial charge in [-0.2, -0.15) is 18.9 Å². The Balaban J connectivity index is 0.000000301. The van der Waals surface area contributed by atoms with Crippen molar-refractivity contribution in [3.05, 3.63) is 139 Å². The van der Waals surface area contributed by atoms with Gasteiger partial charge in [-0.25, -0.2) is 12.2 Å². The first-order valence-electron chi connectivity index (χ1n) is 14.5. The van der Waals surface area contributed by atoms with Gasteiger partial charge in [0.25, 0.3) is 0 Å². The molecule has 7 rings (SSSR count). The van der Waals surface area contributed by atoms with Crippen molar-refractivity contribution in [2.75, 3.05) is 0 Å². The Hall–Kier alpha value is -2.31. The van der Waals surface area contributed by atoms with Crippen LogP contribution in [0.15, 0.2) is 109 Å². The molecule has 4 aromatic rings. The number of fused-ring (bicyclic) bond motifs is 3. The van der Waals surface area contributed by atoms with Crippen molar-refractivity contribution in [1.82, 2.24) is 0 Å². The van der Waals surface area contributed by atoms with E-state index in [4.69, 9.17) is 0 Å². The van der Waals surface area contributed by atoms with Crippen LogP contribution in [0, 0.1) is 24.5 Å². The average Bonchev–Trinajstić information content (AvgIpc) is 3.75. The molecule has 218 valence electrons. The van der Waals surface area contributed by atoms with Crippen molar-refractivity contribution < 1.29 is 24.2 Å². The number of allylic oxidation sites excluding steroid dienone is 4. The summed E-state index contributed by atoms with van der Waals surface area (Å²) < 4.78 is 3.34. The molecule has 0 atom stereocenters. The van der Waals surface area contributed by atoms with Gasteiger partial charge in [0.1, 0.15) is 0 Å². The van der Waals surface area contributed by atoms with E-state index in [-0.39, 0.29) is 24.8 Å². The van der Waals surface area contributed by atoms with Crippen molar-refractivity contribution in [3.63, 3.8) is 0 Å². The maximum absolute atomic E-state index is 3.76. The van der Waals surface area contributed by atoms with Gasteiger partial charge in [-0.05, 0) is 12.0 Å². The Morgan fingerprint density at radius 3 is 1.90 bits per heavy atom. The zero-order chi connectivity index (χ0) is 28.0. The maximum atomic E-state index is 3.76. The topological polar surface area (TPSA) is 0 Å². The molecule has 0 N–H and O–H groups in total. The smallest absolute Gasteiger partial charge is 0.0195 e. The molecule has 3 aliphatic rings. The van der Waals surface area contributed by atoms with E-state index in [1.165, 1.54) is 101 Å². The molecule has 3 heteroatoms. The molecule has 3 aliphatic carbocycles. The maximum Gasteiger partial charge on any atom is -0.0195 e. The fourth-order valence-electron chi connectivity index (χ4n) is 5.58. The average molecular weight is 672 g/mol. The summed E-state index contributed by atoms with van der Waals surface area (Å²) in [5.41, 5.74) is 10.3. The monoisotopic (exact) mass is 669 g/mol. The van der Waals surface area contributed by atoms with Crippen molar-refractivity contribution in [2.45, 2.75) is 51.9 Å². The Bertz CT molecular complexity index is 1380. The second kappa shape index (κ2) is 19.8. The number of hydrogen-bond acceptors (Lipinski definition) is 0. The molecule has 0 aliphatic heterocycles. The molecule has 0 spiro atoms. The van der Waals surface area contributed by atoms with Gasteiger partial charge >= 0.3 is 28.4 Å². The molecular formula is C39H41Cl2Zr-3. The second-order valence-electron chi connectivity index (χ2n) is 10.3. The van der Waals surface area contributed by atoms with Gasteiger partial charge in [0, 0.05) is 0 Å². The van der Waals surface area contributed by atoms with Crippen LogP contribution in [0.2, 0.25) is 0 Å². The number of halogens is 2.